The number of amides is 2. The van der Waals surface area contributed by atoms with Crippen LogP contribution in [0.25, 0.3) is 0 Å². The first-order valence-corrected chi connectivity index (χ1v) is 6.44. The van der Waals surface area contributed by atoms with Crippen molar-refractivity contribution in [1.82, 2.24) is 25.4 Å². The Morgan fingerprint density at radius 2 is 2.05 bits per heavy atom. The number of carbonyl (C=O) groups is 2. The number of aryl methyl sites for hydroxylation is 1. The van der Waals surface area contributed by atoms with E-state index < -0.39 is 17.9 Å². The van der Waals surface area contributed by atoms with Crippen molar-refractivity contribution in [2.45, 2.75) is 26.8 Å². The van der Waals surface area contributed by atoms with Gasteiger partial charge in [-0.3, -0.25) is 4.79 Å². The lowest BCUT2D eigenvalue weighted by Gasteiger charge is -2.18. The second-order valence-corrected chi connectivity index (χ2v) is 5.06. The van der Waals surface area contributed by atoms with E-state index in [1.807, 2.05) is 0 Å². The van der Waals surface area contributed by atoms with Crippen LogP contribution < -0.4 is 10.6 Å². The van der Waals surface area contributed by atoms with Gasteiger partial charge < -0.3 is 20.3 Å². The molecule has 3 N–H and O–H groups in total. The molecule has 1 heterocycles. The summed E-state index contributed by atoms with van der Waals surface area (Å²) in [5, 5.41) is 21.9. The molecule has 0 aliphatic heterocycles. The van der Waals surface area contributed by atoms with E-state index >= 15 is 0 Å². The van der Waals surface area contributed by atoms with Crippen LogP contribution in [-0.4, -0.2) is 38.4 Å². The molecule has 0 aliphatic carbocycles. The largest absolute Gasteiger partial charge is 0.481 e. The lowest BCUT2D eigenvalue weighted by molar-refractivity contribution is -0.142. The van der Waals surface area contributed by atoms with Crippen molar-refractivity contribution in [1.29, 1.82) is 0 Å². The first-order valence-electron chi connectivity index (χ1n) is 6.44. The standard InChI is InChI=1S/C12H21N5O3/c1-7(2)9(11(18)19)5-13-12(20)15-8(3)10-16-14-6-17(10)4/h6-9H,5H2,1-4H3,(H,18,19)(H2,13,15,20). The first-order chi connectivity index (χ1) is 9.32. The second-order valence-electron chi connectivity index (χ2n) is 5.06. The predicted octanol–water partition coefficient (Wildman–Crippen LogP) is 0.532. The number of hydrogen-bond acceptors (Lipinski definition) is 4. The number of nitrogens with one attached hydrogen (secondary N) is 2. The van der Waals surface area contributed by atoms with Gasteiger partial charge in [0.15, 0.2) is 5.82 Å². The van der Waals surface area contributed by atoms with Gasteiger partial charge in [0.25, 0.3) is 0 Å². The highest BCUT2D eigenvalue weighted by Crippen LogP contribution is 2.10. The molecule has 0 fully saturated rings. The van der Waals surface area contributed by atoms with Crippen molar-refractivity contribution < 1.29 is 14.7 Å². The number of aromatic nitrogens is 3. The summed E-state index contributed by atoms with van der Waals surface area (Å²) in [6.07, 6.45) is 1.55. The highest BCUT2D eigenvalue weighted by Gasteiger charge is 2.22. The molecule has 0 saturated carbocycles. The molecule has 0 bridgehead atoms. The number of carboxylic acids is 1. The Labute approximate surface area is 117 Å². The summed E-state index contributed by atoms with van der Waals surface area (Å²) in [5.74, 6) is -0.949. The molecule has 1 rings (SSSR count). The van der Waals surface area contributed by atoms with Gasteiger partial charge in [0.2, 0.25) is 0 Å². The maximum atomic E-state index is 11.7. The molecular weight excluding hydrogens is 262 g/mol. The number of carbonyl (C=O) groups excluding carboxylic acids is 1. The van der Waals surface area contributed by atoms with E-state index in [0.29, 0.717) is 5.82 Å². The molecule has 1 aromatic rings. The van der Waals surface area contributed by atoms with Gasteiger partial charge in [-0.2, -0.15) is 0 Å². The van der Waals surface area contributed by atoms with Crippen LogP contribution in [0.4, 0.5) is 4.79 Å². The van der Waals surface area contributed by atoms with Crippen LogP contribution in [0.5, 0.6) is 0 Å². The summed E-state index contributed by atoms with van der Waals surface area (Å²) >= 11 is 0. The van der Waals surface area contributed by atoms with Gasteiger partial charge in [-0.15, -0.1) is 10.2 Å². The number of nitrogens with zero attached hydrogens (tertiary/aromatic N) is 3. The maximum absolute atomic E-state index is 11.7. The molecule has 0 aliphatic rings. The highest BCUT2D eigenvalue weighted by molar-refractivity contribution is 5.76. The van der Waals surface area contributed by atoms with Gasteiger partial charge >= 0.3 is 12.0 Å². The van der Waals surface area contributed by atoms with E-state index in [1.165, 1.54) is 0 Å². The predicted molar refractivity (Wildman–Crippen MR) is 71.9 cm³/mol. The fourth-order valence-electron chi connectivity index (χ4n) is 1.81. The van der Waals surface area contributed by atoms with Crippen molar-refractivity contribution in [2.24, 2.45) is 18.9 Å². The average molecular weight is 283 g/mol. The number of hydrogen-bond donors (Lipinski definition) is 3. The summed E-state index contributed by atoms with van der Waals surface area (Å²) in [5.41, 5.74) is 0. The molecule has 0 radical (unpaired) electrons. The highest BCUT2D eigenvalue weighted by atomic mass is 16.4. The Hall–Kier alpha value is -2.12. The second kappa shape index (κ2) is 6.88. The van der Waals surface area contributed by atoms with E-state index in [2.05, 4.69) is 20.8 Å². The fraction of sp³-hybridized carbons (Fsp3) is 0.667. The SMILES string of the molecule is CC(NC(=O)NCC(C(=O)O)C(C)C)c1nncn1C. The minimum atomic E-state index is -0.915. The van der Waals surface area contributed by atoms with Crippen LogP contribution in [0.2, 0.25) is 0 Å². The third-order valence-electron chi connectivity index (χ3n) is 3.09. The summed E-state index contributed by atoms with van der Waals surface area (Å²) < 4.78 is 1.71. The third-order valence-corrected chi connectivity index (χ3v) is 3.09. The quantitative estimate of drug-likeness (QED) is 0.705. The monoisotopic (exact) mass is 283 g/mol. The van der Waals surface area contributed by atoms with E-state index in [0.717, 1.165) is 0 Å². The summed E-state index contributed by atoms with van der Waals surface area (Å²) in [4.78, 5) is 22.8. The van der Waals surface area contributed by atoms with Crippen LogP contribution in [0.3, 0.4) is 0 Å². The van der Waals surface area contributed by atoms with E-state index in [4.69, 9.17) is 5.11 Å². The molecule has 8 heteroatoms. The Balaban J connectivity index is 2.48. The van der Waals surface area contributed by atoms with Crippen LogP contribution >= 0.6 is 0 Å². The minimum absolute atomic E-state index is 0.0519. The normalized spacial score (nSPS) is 13.8. The lowest BCUT2D eigenvalue weighted by atomic mass is 9.96. The van der Waals surface area contributed by atoms with Crippen LogP contribution in [-0.2, 0) is 11.8 Å². The summed E-state index contributed by atoms with van der Waals surface area (Å²) in [6, 6.07) is -0.739. The zero-order chi connectivity index (χ0) is 15.3. The Morgan fingerprint density at radius 1 is 1.40 bits per heavy atom. The van der Waals surface area contributed by atoms with Gasteiger partial charge in [-0.25, -0.2) is 4.79 Å². The van der Waals surface area contributed by atoms with Crippen molar-refractivity contribution in [2.75, 3.05) is 6.54 Å². The molecule has 0 aromatic carbocycles. The molecule has 1 aromatic heterocycles. The minimum Gasteiger partial charge on any atom is -0.481 e. The molecule has 0 saturated heterocycles. The average Bonchev–Trinajstić information content (AvgIpc) is 2.74. The zero-order valence-electron chi connectivity index (χ0n) is 12.1. The number of urea groups is 1. The first kappa shape index (κ1) is 15.9. The van der Waals surface area contributed by atoms with Crippen LogP contribution in [0.15, 0.2) is 6.33 Å². The molecule has 112 valence electrons. The fourth-order valence-corrected chi connectivity index (χ4v) is 1.81. The van der Waals surface area contributed by atoms with Crippen LogP contribution in [0.1, 0.15) is 32.6 Å². The van der Waals surface area contributed by atoms with Crippen molar-refractivity contribution in [3.8, 4) is 0 Å². The van der Waals surface area contributed by atoms with Gasteiger partial charge in [-0.05, 0) is 12.8 Å². The Morgan fingerprint density at radius 3 is 2.50 bits per heavy atom. The van der Waals surface area contributed by atoms with Gasteiger partial charge in [0.05, 0.1) is 12.0 Å². The molecule has 2 amide bonds. The Bertz CT molecular complexity index is 471. The number of carboxylic acid groups (broad SMARTS) is 1. The van der Waals surface area contributed by atoms with Gasteiger partial charge in [-0.1, -0.05) is 13.8 Å². The molecule has 8 nitrogen and oxygen atoms in total. The molecule has 2 unspecified atom stereocenters. The lowest BCUT2D eigenvalue weighted by Crippen LogP contribution is -2.42. The smallest absolute Gasteiger partial charge is 0.315 e. The topological polar surface area (TPSA) is 109 Å². The molecule has 2 atom stereocenters. The van der Waals surface area contributed by atoms with Gasteiger partial charge in [0, 0.05) is 13.6 Å². The number of aliphatic carboxylic acids is 1. The third kappa shape index (κ3) is 4.22. The summed E-state index contributed by atoms with van der Waals surface area (Å²) in [6.45, 7) is 5.48. The molecule has 0 spiro atoms. The van der Waals surface area contributed by atoms with Crippen molar-refractivity contribution >= 4 is 12.0 Å². The maximum Gasteiger partial charge on any atom is 0.315 e. The molecular formula is C12H21N5O3. The van der Waals surface area contributed by atoms with Crippen molar-refractivity contribution in [3.05, 3.63) is 12.2 Å². The van der Waals surface area contributed by atoms with Crippen molar-refractivity contribution in [3.63, 3.8) is 0 Å². The van der Waals surface area contributed by atoms with E-state index in [1.54, 1.807) is 38.7 Å². The summed E-state index contributed by atoms with van der Waals surface area (Å²) in [7, 11) is 1.78. The van der Waals surface area contributed by atoms with E-state index in [9.17, 15) is 9.59 Å². The molecule has 20 heavy (non-hydrogen) atoms. The zero-order valence-corrected chi connectivity index (χ0v) is 12.1. The Kier molecular flexibility index (Phi) is 5.48. The van der Waals surface area contributed by atoms with Gasteiger partial charge in [0.1, 0.15) is 6.33 Å². The van der Waals surface area contributed by atoms with E-state index in [-0.39, 0.29) is 18.5 Å². The van der Waals surface area contributed by atoms with Crippen LogP contribution in [0, 0.1) is 11.8 Å². The number of rotatable bonds is 6.